The summed E-state index contributed by atoms with van der Waals surface area (Å²) in [5, 5.41) is 2.69. The molecule has 1 atom stereocenters. The van der Waals surface area contributed by atoms with Gasteiger partial charge in [-0.05, 0) is 57.2 Å². The van der Waals surface area contributed by atoms with Crippen molar-refractivity contribution in [3.05, 3.63) is 54.3 Å². The Bertz CT molecular complexity index is 942. The average Bonchev–Trinajstić information content (AvgIpc) is 2.68. The first-order chi connectivity index (χ1) is 13.7. The maximum atomic E-state index is 13.0. The second-order valence-corrected chi connectivity index (χ2v) is 7.10. The molecule has 1 aliphatic rings. The molecule has 2 aromatic rings. The molecule has 0 saturated heterocycles. The van der Waals surface area contributed by atoms with Crippen molar-refractivity contribution in [2.45, 2.75) is 32.5 Å². The van der Waals surface area contributed by atoms with E-state index in [1.807, 2.05) is 0 Å². The van der Waals surface area contributed by atoms with E-state index in [-0.39, 0.29) is 18.2 Å². The first-order valence-electron chi connectivity index (χ1n) is 9.03. The molecule has 7 nitrogen and oxygen atoms in total. The summed E-state index contributed by atoms with van der Waals surface area (Å²) in [5.41, 5.74) is -0.374. The number of rotatable bonds is 5. The van der Waals surface area contributed by atoms with Crippen LogP contribution in [0.4, 0.5) is 15.8 Å². The fourth-order valence-electron chi connectivity index (χ4n) is 2.84. The van der Waals surface area contributed by atoms with Gasteiger partial charge in [-0.25, -0.2) is 9.18 Å². The van der Waals surface area contributed by atoms with Crippen molar-refractivity contribution in [2.75, 3.05) is 16.8 Å². The number of halogens is 1. The molecule has 1 heterocycles. The minimum Gasteiger partial charge on any atom is -0.476 e. The third-order valence-electron chi connectivity index (χ3n) is 4.35. The van der Waals surface area contributed by atoms with Gasteiger partial charge in [-0.1, -0.05) is 12.1 Å². The van der Waals surface area contributed by atoms with Crippen molar-refractivity contribution in [3.63, 3.8) is 0 Å². The molecule has 0 radical (unpaired) electrons. The van der Waals surface area contributed by atoms with E-state index in [4.69, 9.17) is 9.47 Å². The summed E-state index contributed by atoms with van der Waals surface area (Å²) in [6.45, 7) is 4.23. The number of hydrogen-bond acceptors (Lipinski definition) is 5. The molecule has 0 saturated carbocycles. The zero-order valence-corrected chi connectivity index (χ0v) is 16.3. The van der Waals surface area contributed by atoms with Gasteiger partial charge in [-0.2, -0.15) is 0 Å². The molecule has 29 heavy (non-hydrogen) atoms. The summed E-state index contributed by atoms with van der Waals surface area (Å²) >= 11 is 0. The monoisotopic (exact) mass is 400 g/mol. The van der Waals surface area contributed by atoms with Crippen LogP contribution in [0.3, 0.4) is 0 Å². The fourth-order valence-corrected chi connectivity index (χ4v) is 2.84. The standard InChI is InChI=1S/C21H21FN2O5/c1-13(19(26)24-12-18(25)23-16-6-4-5-7-17(16)24)28-20(27)21(2,3)29-15-10-8-14(22)9-11-15/h4-11,13H,12H2,1-3H3,(H,23,25)/t13-/m1/s1. The number of fused-ring (bicyclic) bond motifs is 1. The van der Waals surface area contributed by atoms with Crippen molar-refractivity contribution in [3.8, 4) is 5.75 Å². The van der Waals surface area contributed by atoms with Crippen LogP contribution in [0.1, 0.15) is 20.8 Å². The summed E-state index contributed by atoms with van der Waals surface area (Å²) in [7, 11) is 0. The molecule has 1 N–H and O–H groups in total. The molecule has 0 bridgehead atoms. The molecule has 0 unspecified atom stereocenters. The minimum atomic E-state index is -1.41. The van der Waals surface area contributed by atoms with Gasteiger partial charge in [0.1, 0.15) is 18.1 Å². The SMILES string of the molecule is C[C@@H](OC(=O)C(C)(C)Oc1ccc(F)cc1)C(=O)N1CC(=O)Nc2ccccc21. The van der Waals surface area contributed by atoms with Gasteiger partial charge in [0, 0.05) is 0 Å². The predicted octanol–water partition coefficient (Wildman–Crippen LogP) is 2.90. The molecule has 8 heteroatoms. The van der Waals surface area contributed by atoms with Crippen LogP contribution in [0.2, 0.25) is 0 Å². The van der Waals surface area contributed by atoms with Crippen LogP contribution >= 0.6 is 0 Å². The number of ether oxygens (including phenoxy) is 2. The van der Waals surface area contributed by atoms with Gasteiger partial charge >= 0.3 is 5.97 Å². The summed E-state index contributed by atoms with van der Waals surface area (Å²) < 4.78 is 23.9. The number of benzene rings is 2. The number of amides is 2. The molecule has 3 rings (SSSR count). The Hall–Kier alpha value is -3.42. The molecule has 2 amide bonds. The van der Waals surface area contributed by atoms with E-state index in [0.29, 0.717) is 11.4 Å². The lowest BCUT2D eigenvalue weighted by atomic mass is 10.1. The van der Waals surface area contributed by atoms with E-state index in [0.717, 1.165) is 0 Å². The minimum absolute atomic E-state index is 0.173. The molecular formula is C21H21FN2O5. The molecular weight excluding hydrogens is 379 g/mol. The Balaban J connectivity index is 1.69. The molecule has 0 aromatic heterocycles. The summed E-state index contributed by atoms with van der Waals surface area (Å²) in [6.07, 6.45) is -1.14. The van der Waals surface area contributed by atoms with E-state index < -0.39 is 29.4 Å². The second-order valence-electron chi connectivity index (χ2n) is 7.10. The van der Waals surface area contributed by atoms with Crippen molar-refractivity contribution < 1.29 is 28.2 Å². The molecule has 1 aliphatic heterocycles. The van der Waals surface area contributed by atoms with E-state index in [1.165, 1.54) is 49.9 Å². The Labute approximate surface area is 167 Å². The number of carbonyl (C=O) groups is 3. The third-order valence-corrected chi connectivity index (χ3v) is 4.35. The highest BCUT2D eigenvalue weighted by molar-refractivity contribution is 6.11. The van der Waals surface area contributed by atoms with Crippen molar-refractivity contribution in [2.24, 2.45) is 0 Å². The molecule has 0 spiro atoms. The largest absolute Gasteiger partial charge is 0.476 e. The van der Waals surface area contributed by atoms with Gasteiger partial charge < -0.3 is 14.8 Å². The smallest absolute Gasteiger partial charge is 0.350 e. The van der Waals surface area contributed by atoms with Gasteiger partial charge in [-0.15, -0.1) is 0 Å². The van der Waals surface area contributed by atoms with Crippen LogP contribution < -0.4 is 15.0 Å². The van der Waals surface area contributed by atoms with Crippen LogP contribution in [0.25, 0.3) is 0 Å². The second kappa shape index (κ2) is 7.90. The van der Waals surface area contributed by atoms with Gasteiger partial charge in [0.15, 0.2) is 11.7 Å². The Morgan fingerprint density at radius 2 is 1.79 bits per heavy atom. The maximum absolute atomic E-state index is 13.0. The van der Waals surface area contributed by atoms with Crippen LogP contribution in [0.5, 0.6) is 5.75 Å². The first-order valence-corrected chi connectivity index (χ1v) is 9.03. The van der Waals surface area contributed by atoms with Crippen molar-refractivity contribution in [1.82, 2.24) is 0 Å². The van der Waals surface area contributed by atoms with Gasteiger partial charge in [0.05, 0.1) is 11.4 Å². The topological polar surface area (TPSA) is 84.9 Å². The average molecular weight is 400 g/mol. The summed E-state index contributed by atoms with van der Waals surface area (Å²) in [4.78, 5) is 38.6. The van der Waals surface area contributed by atoms with Gasteiger partial charge in [-0.3, -0.25) is 14.5 Å². The Kier molecular flexibility index (Phi) is 5.54. The number of anilines is 2. The van der Waals surface area contributed by atoms with Crippen LogP contribution in [0, 0.1) is 5.82 Å². The highest BCUT2D eigenvalue weighted by atomic mass is 19.1. The lowest BCUT2D eigenvalue weighted by molar-refractivity contribution is -0.167. The Morgan fingerprint density at radius 1 is 1.14 bits per heavy atom. The molecule has 152 valence electrons. The van der Waals surface area contributed by atoms with Gasteiger partial charge in [0.2, 0.25) is 5.91 Å². The molecule has 0 aliphatic carbocycles. The maximum Gasteiger partial charge on any atom is 0.350 e. The van der Waals surface area contributed by atoms with E-state index >= 15 is 0 Å². The third kappa shape index (κ3) is 4.53. The highest BCUT2D eigenvalue weighted by Gasteiger charge is 2.37. The summed E-state index contributed by atoms with van der Waals surface area (Å²) in [6, 6.07) is 12.1. The quantitative estimate of drug-likeness (QED) is 0.780. The van der Waals surface area contributed by atoms with Crippen molar-refractivity contribution in [1.29, 1.82) is 0 Å². The fraction of sp³-hybridized carbons (Fsp3) is 0.286. The first kappa shape index (κ1) is 20.3. The normalized spacial score (nSPS) is 14.5. The lowest BCUT2D eigenvalue weighted by Gasteiger charge is -2.32. The van der Waals surface area contributed by atoms with Crippen molar-refractivity contribution >= 4 is 29.2 Å². The molecule has 2 aromatic carbocycles. The Morgan fingerprint density at radius 3 is 2.48 bits per heavy atom. The number of carbonyl (C=O) groups excluding carboxylic acids is 3. The van der Waals surface area contributed by atoms with Crippen LogP contribution in [-0.2, 0) is 19.1 Å². The van der Waals surface area contributed by atoms with Crippen LogP contribution in [0.15, 0.2) is 48.5 Å². The van der Waals surface area contributed by atoms with Gasteiger partial charge in [0.25, 0.3) is 5.91 Å². The zero-order valence-electron chi connectivity index (χ0n) is 16.3. The van der Waals surface area contributed by atoms with E-state index in [2.05, 4.69) is 5.32 Å². The zero-order chi connectivity index (χ0) is 21.2. The molecule has 0 fully saturated rings. The number of esters is 1. The predicted molar refractivity (Wildman–Crippen MR) is 104 cm³/mol. The highest BCUT2D eigenvalue weighted by Crippen LogP contribution is 2.30. The number of hydrogen-bond donors (Lipinski definition) is 1. The number of nitrogens with zero attached hydrogens (tertiary/aromatic N) is 1. The van der Waals surface area contributed by atoms with E-state index in [9.17, 15) is 18.8 Å². The number of nitrogens with one attached hydrogen (secondary N) is 1. The number of para-hydroxylation sites is 2. The lowest BCUT2D eigenvalue weighted by Crippen LogP contribution is -2.49. The van der Waals surface area contributed by atoms with E-state index in [1.54, 1.807) is 24.3 Å². The van der Waals surface area contributed by atoms with Crippen LogP contribution in [-0.4, -0.2) is 36.0 Å². The summed E-state index contributed by atoms with van der Waals surface area (Å²) in [5.74, 6) is -1.78.